The Balaban J connectivity index is 1.35. The maximum absolute atomic E-state index is 12.7. The molecule has 0 spiro atoms. The van der Waals surface area contributed by atoms with E-state index < -0.39 is 0 Å². The van der Waals surface area contributed by atoms with Crippen molar-refractivity contribution in [1.82, 2.24) is 30.0 Å². The average Bonchev–Trinajstić information content (AvgIpc) is 3.27. The van der Waals surface area contributed by atoms with Gasteiger partial charge in [-0.15, -0.1) is 5.10 Å². The fourth-order valence-electron chi connectivity index (χ4n) is 4.66. The highest BCUT2D eigenvalue weighted by atomic mass is 16.2. The number of fused-ring (bicyclic) bond motifs is 1. The Kier molecular flexibility index (Phi) is 4.78. The molecule has 1 aromatic heterocycles. The zero-order chi connectivity index (χ0) is 16.4. The van der Waals surface area contributed by atoms with Crippen molar-refractivity contribution in [2.24, 2.45) is 11.8 Å². The molecule has 24 heavy (non-hydrogen) atoms. The molecule has 2 saturated heterocycles. The van der Waals surface area contributed by atoms with Gasteiger partial charge in [-0.25, -0.2) is 4.68 Å². The summed E-state index contributed by atoms with van der Waals surface area (Å²) in [6.45, 7) is 5.10. The van der Waals surface area contributed by atoms with E-state index in [2.05, 4.69) is 20.4 Å². The lowest BCUT2D eigenvalue weighted by atomic mass is 9.75. The highest BCUT2D eigenvalue weighted by Gasteiger charge is 2.33. The second-order valence-electron chi connectivity index (χ2n) is 7.67. The zero-order valence-electron chi connectivity index (χ0n) is 14.4. The maximum Gasteiger partial charge on any atom is 0.244 e. The number of tetrazole rings is 1. The van der Waals surface area contributed by atoms with Crippen LogP contribution < -0.4 is 0 Å². The first-order valence-corrected chi connectivity index (χ1v) is 9.55. The fourth-order valence-corrected chi connectivity index (χ4v) is 4.66. The van der Waals surface area contributed by atoms with E-state index in [9.17, 15) is 4.79 Å². The molecule has 132 valence electrons. The Labute approximate surface area is 143 Å². The first-order chi connectivity index (χ1) is 11.8. The summed E-state index contributed by atoms with van der Waals surface area (Å²) in [5, 5.41) is 12.0. The normalized spacial score (nSPS) is 28.1. The molecule has 3 aliphatic rings. The third-order valence-corrected chi connectivity index (χ3v) is 6.10. The number of carbonyl (C=O) groups excluding carboxylic acids is 1. The summed E-state index contributed by atoms with van der Waals surface area (Å²) in [6, 6.07) is 0. The van der Waals surface area contributed by atoms with Gasteiger partial charge in [-0.2, -0.15) is 0 Å². The molecule has 1 amide bonds. The van der Waals surface area contributed by atoms with E-state index in [1.807, 2.05) is 4.90 Å². The maximum atomic E-state index is 12.7. The zero-order valence-corrected chi connectivity index (χ0v) is 14.4. The monoisotopic (exact) mass is 332 g/mol. The highest BCUT2D eigenvalue weighted by Crippen LogP contribution is 2.36. The number of carbonyl (C=O) groups is 1. The summed E-state index contributed by atoms with van der Waals surface area (Å²) < 4.78 is 1.70. The molecule has 4 rings (SSSR count). The molecular formula is C17H28N6O. The van der Waals surface area contributed by atoms with E-state index in [0.717, 1.165) is 50.4 Å². The molecule has 0 bridgehead atoms. The summed E-state index contributed by atoms with van der Waals surface area (Å²) in [5.41, 5.74) is 0. The summed E-state index contributed by atoms with van der Waals surface area (Å²) in [5.74, 6) is 2.56. The molecule has 0 unspecified atom stereocenters. The van der Waals surface area contributed by atoms with Crippen LogP contribution in [0.3, 0.4) is 0 Å². The number of hydrogen-bond acceptors (Lipinski definition) is 5. The molecule has 2 aliphatic heterocycles. The van der Waals surface area contributed by atoms with E-state index in [0.29, 0.717) is 0 Å². The van der Waals surface area contributed by atoms with Crippen molar-refractivity contribution in [1.29, 1.82) is 0 Å². The molecule has 7 nitrogen and oxygen atoms in total. The number of aromatic nitrogens is 4. The largest absolute Gasteiger partial charge is 0.341 e. The van der Waals surface area contributed by atoms with Crippen LogP contribution in [0.2, 0.25) is 0 Å². The number of hydrogen-bond donors (Lipinski definition) is 0. The Morgan fingerprint density at radius 3 is 2.62 bits per heavy atom. The van der Waals surface area contributed by atoms with Crippen molar-refractivity contribution in [2.75, 3.05) is 26.2 Å². The number of nitrogens with zero attached hydrogens (tertiary/aromatic N) is 6. The summed E-state index contributed by atoms with van der Waals surface area (Å²) in [7, 11) is 0. The van der Waals surface area contributed by atoms with E-state index >= 15 is 0 Å². The van der Waals surface area contributed by atoms with Gasteiger partial charge < -0.3 is 4.90 Å². The molecule has 0 N–H and O–H groups in total. The lowest BCUT2D eigenvalue weighted by Crippen LogP contribution is -2.46. The van der Waals surface area contributed by atoms with Crippen molar-refractivity contribution in [3.05, 3.63) is 5.82 Å². The van der Waals surface area contributed by atoms with Gasteiger partial charge in [0.15, 0.2) is 5.82 Å². The standard InChI is InChI=1S/C17H28N6O/c24-17(22-10-7-14-5-1-2-6-15(14)11-22)13-23-16(18-19-20-23)12-21-8-3-4-9-21/h14-15H,1-13H2/t14-,15-/m0/s1. The van der Waals surface area contributed by atoms with Crippen LogP contribution in [0.4, 0.5) is 0 Å². The smallest absolute Gasteiger partial charge is 0.244 e. The van der Waals surface area contributed by atoms with Gasteiger partial charge in [-0.3, -0.25) is 9.69 Å². The van der Waals surface area contributed by atoms with Crippen molar-refractivity contribution < 1.29 is 4.79 Å². The molecule has 0 aromatic carbocycles. The average molecular weight is 332 g/mol. The molecule has 3 fully saturated rings. The van der Waals surface area contributed by atoms with Gasteiger partial charge in [-0.05, 0) is 61.0 Å². The van der Waals surface area contributed by atoms with Crippen LogP contribution >= 0.6 is 0 Å². The molecule has 1 aliphatic carbocycles. The van der Waals surface area contributed by atoms with Crippen molar-refractivity contribution >= 4 is 5.91 Å². The SMILES string of the molecule is O=C(Cn1nnnc1CN1CCCC1)N1CC[C@@H]2CCCC[C@H]2C1. The first kappa shape index (κ1) is 16.0. The highest BCUT2D eigenvalue weighted by molar-refractivity contribution is 5.76. The quantitative estimate of drug-likeness (QED) is 0.831. The molecule has 7 heteroatoms. The number of amides is 1. The van der Waals surface area contributed by atoms with Crippen LogP contribution in [0, 0.1) is 11.8 Å². The summed E-state index contributed by atoms with van der Waals surface area (Å²) in [6.07, 6.45) is 9.02. The molecule has 0 radical (unpaired) electrons. The van der Waals surface area contributed by atoms with E-state index in [1.54, 1.807) is 4.68 Å². The Hall–Kier alpha value is -1.50. The number of likely N-dealkylation sites (tertiary alicyclic amines) is 2. The third kappa shape index (κ3) is 3.45. The Bertz CT molecular complexity index is 567. The molecular weight excluding hydrogens is 304 g/mol. The fraction of sp³-hybridized carbons (Fsp3) is 0.882. The second kappa shape index (κ2) is 7.17. The summed E-state index contributed by atoms with van der Waals surface area (Å²) >= 11 is 0. The molecule has 2 atom stereocenters. The van der Waals surface area contributed by atoms with E-state index in [1.165, 1.54) is 44.9 Å². The van der Waals surface area contributed by atoms with Gasteiger partial charge >= 0.3 is 0 Å². The van der Waals surface area contributed by atoms with Gasteiger partial charge in [0, 0.05) is 13.1 Å². The molecule has 3 heterocycles. The lowest BCUT2D eigenvalue weighted by molar-refractivity contribution is -0.135. The Morgan fingerprint density at radius 1 is 1.00 bits per heavy atom. The predicted molar refractivity (Wildman–Crippen MR) is 89.0 cm³/mol. The van der Waals surface area contributed by atoms with Crippen LogP contribution in [0.5, 0.6) is 0 Å². The van der Waals surface area contributed by atoms with Crippen LogP contribution in [-0.4, -0.2) is 62.1 Å². The van der Waals surface area contributed by atoms with Crippen LogP contribution in [-0.2, 0) is 17.9 Å². The Morgan fingerprint density at radius 2 is 1.79 bits per heavy atom. The van der Waals surface area contributed by atoms with Gasteiger partial charge in [-0.1, -0.05) is 19.3 Å². The second-order valence-corrected chi connectivity index (χ2v) is 7.67. The van der Waals surface area contributed by atoms with Gasteiger partial charge in [0.2, 0.25) is 5.91 Å². The number of rotatable bonds is 4. The topological polar surface area (TPSA) is 67.2 Å². The number of piperidine rings is 1. The molecule has 1 aromatic rings. The minimum Gasteiger partial charge on any atom is -0.341 e. The van der Waals surface area contributed by atoms with Crippen molar-refractivity contribution in [2.45, 2.75) is 58.0 Å². The van der Waals surface area contributed by atoms with Gasteiger partial charge in [0.05, 0.1) is 6.54 Å². The first-order valence-electron chi connectivity index (χ1n) is 9.55. The van der Waals surface area contributed by atoms with E-state index in [4.69, 9.17) is 0 Å². The third-order valence-electron chi connectivity index (χ3n) is 6.10. The van der Waals surface area contributed by atoms with Crippen molar-refractivity contribution in [3.8, 4) is 0 Å². The summed E-state index contributed by atoms with van der Waals surface area (Å²) in [4.78, 5) is 17.1. The van der Waals surface area contributed by atoms with Crippen molar-refractivity contribution in [3.63, 3.8) is 0 Å². The minimum absolute atomic E-state index is 0.175. The van der Waals surface area contributed by atoms with Crippen LogP contribution in [0.1, 0.15) is 50.8 Å². The predicted octanol–water partition coefficient (Wildman–Crippen LogP) is 1.31. The molecule has 1 saturated carbocycles. The van der Waals surface area contributed by atoms with Crippen LogP contribution in [0.15, 0.2) is 0 Å². The van der Waals surface area contributed by atoms with Gasteiger partial charge in [0.1, 0.15) is 6.54 Å². The lowest BCUT2D eigenvalue weighted by Gasteiger charge is -2.41. The van der Waals surface area contributed by atoms with Crippen LogP contribution in [0.25, 0.3) is 0 Å². The minimum atomic E-state index is 0.175. The van der Waals surface area contributed by atoms with Gasteiger partial charge in [0.25, 0.3) is 0 Å². The van der Waals surface area contributed by atoms with E-state index in [-0.39, 0.29) is 12.5 Å².